The Hall–Kier alpha value is -1.35. The first-order chi connectivity index (χ1) is 12.8. The van der Waals surface area contributed by atoms with Gasteiger partial charge in [-0.3, -0.25) is 9.79 Å². The zero-order chi connectivity index (χ0) is 19.5. The van der Waals surface area contributed by atoms with Gasteiger partial charge >= 0.3 is 0 Å². The standard InChI is InChI=1S/C18H33N5O3S/c1-3-19-17(20-12-15-5-9-23(10-6-15)27(2,25)26)22-8-4-7-18(14-22)11-16(24)21-13-18/h15H,3-14H2,1-2H3,(H,19,20)(H,21,24). The molecule has 3 fully saturated rings. The number of rotatable bonds is 4. The molecule has 3 rings (SSSR count). The minimum absolute atomic E-state index is 0.0480. The Labute approximate surface area is 162 Å². The molecule has 1 amide bonds. The second-order valence-corrected chi connectivity index (χ2v) is 10.3. The van der Waals surface area contributed by atoms with Crippen LogP contribution in [0.5, 0.6) is 0 Å². The van der Waals surface area contributed by atoms with Crippen LogP contribution in [-0.2, 0) is 14.8 Å². The molecule has 3 aliphatic rings. The average Bonchev–Trinajstić information content (AvgIpc) is 2.98. The Bertz CT molecular complexity index is 672. The van der Waals surface area contributed by atoms with Crippen LogP contribution >= 0.6 is 0 Å². The molecule has 27 heavy (non-hydrogen) atoms. The molecule has 3 saturated heterocycles. The van der Waals surface area contributed by atoms with Crippen LogP contribution in [0, 0.1) is 11.3 Å². The van der Waals surface area contributed by atoms with Crippen molar-refractivity contribution < 1.29 is 13.2 Å². The smallest absolute Gasteiger partial charge is 0.220 e. The lowest BCUT2D eigenvalue weighted by Crippen LogP contribution is -2.51. The number of nitrogens with one attached hydrogen (secondary N) is 2. The number of piperidine rings is 2. The van der Waals surface area contributed by atoms with Crippen molar-refractivity contribution in [2.45, 2.75) is 39.0 Å². The highest BCUT2D eigenvalue weighted by Gasteiger charge is 2.42. The largest absolute Gasteiger partial charge is 0.357 e. The summed E-state index contributed by atoms with van der Waals surface area (Å²) in [7, 11) is -3.08. The monoisotopic (exact) mass is 399 g/mol. The van der Waals surface area contributed by atoms with E-state index in [1.165, 1.54) is 6.26 Å². The van der Waals surface area contributed by atoms with E-state index in [1.807, 2.05) is 0 Å². The highest BCUT2D eigenvalue weighted by molar-refractivity contribution is 7.88. The van der Waals surface area contributed by atoms with Crippen molar-refractivity contribution in [3.63, 3.8) is 0 Å². The normalized spacial score (nSPS) is 28.6. The maximum absolute atomic E-state index is 11.7. The van der Waals surface area contributed by atoms with Crippen molar-refractivity contribution in [1.82, 2.24) is 19.8 Å². The molecule has 1 atom stereocenters. The quantitative estimate of drug-likeness (QED) is 0.521. The topological polar surface area (TPSA) is 94.1 Å². The second kappa shape index (κ2) is 8.34. The summed E-state index contributed by atoms with van der Waals surface area (Å²) in [4.78, 5) is 18.9. The van der Waals surface area contributed by atoms with Gasteiger partial charge < -0.3 is 15.5 Å². The maximum Gasteiger partial charge on any atom is 0.220 e. The van der Waals surface area contributed by atoms with Gasteiger partial charge in [0.2, 0.25) is 15.9 Å². The van der Waals surface area contributed by atoms with E-state index in [0.717, 1.165) is 64.4 Å². The number of sulfonamides is 1. The minimum Gasteiger partial charge on any atom is -0.357 e. The van der Waals surface area contributed by atoms with Gasteiger partial charge in [-0.25, -0.2) is 12.7 Å². The van der Waals surface area contributed by atoms with Crippen LogP contribution in [0.25, 0.3) is 0 Å². The number of carbonyl (C=O) groups excluding carboxylic acids is 1. The molecular weight excluding hydrogens is 366 g/mol. The number of nitrogens with zero attached hydrogens (tertiary/aromatic N) is 3. The Kier molecular flexibility index (Phi) is 6.30. The zero-order valence-electron chi connectivity index (χ0n) is 16.5. The van der Waals surface area contributed by atoms with Crippen LogP contribution in [0.15, 0.2) is 4.99 Å². The van der Waals surface area contributed by atoms with E-state index in [4.69, 9.17) is 4.99 Å². The molecule has 9 heteroatoms. The molecule has 1 unspecified atom stereocenters. The van der Waals surface area contributed by atoms with E-state index in [1.54, 1.807) is 4.31 Å². The molecule has 0 aromatic carbocycles. The summed E-state index contributed by atoms with van der Waals surface area (Å²) in [6.07, 6.45) is 5.78. The molecule has 0 radical (unpaired) electrons. The van der Waals surface area contributed by atoms with Crippen molar-refractivity contribution in [3.8, 4) is 0 Å². The van der Waals surface area contributed by atoms with Gasteiger partial charge in [0.1, 0.15) is 0 Å². The van der Waals surface area contributed by atoms with Gasteiger partial charge in [-0.15, -0.1) is 0 Å². The van der Waals surface area contributed by atoms with Crippen molar-refractivity contribution in [2.75, 3.05) is 52.1 Å². The molecule has 0 saturated carbocycles. The summed E-state index contributed by atoms with van der Waals surface area (Å²) in [6, 6.07) is 0. The fourth-order valence-electron chi connectivity index (χ4n) is 4.49. The third kappa shape index (κ3) is 5.13. The second-order valence-electron chi connectivity index (χ2n) is 8.28. The van der Waals surface area contributed by atoms with Gasteiger partial charge in [-0.2, -0.15) is 0 Å². The molecule has 2 N–H and O–H groups in total. The van der Waals surface area contributed by atoms with Crippen molar-refractivity contribution in [1.29, 1.82) is 0 Å². The fraction of sp³-hybridized carbons (Fsp3) is 0.889. The molecule has 1 spiro atoms. The molecule has 154 valence electrons. The minimum atomic E-state index is -3.08. The predicted octanol–water partition coefficient (Wildman–Crippen LogP) is 0.226. The van der Waals surface area contributed by atoms with Crippen LogP contribution in [0.3, 0.4) is 0 Å². The lowest BCUT2D eigenvalue weighted by atomic mass is 9.79. The number of carbonyl (C=O) groups is 1. The molecule has 0 bridgehead atoms. The Morgan fingerprint density at radius 3 is 2.67 bits per heavy atom. The summed E-state index contributed by atoms with van der Waals surface area (Å²) >= 11 is 0. The third-order valence-corrected chi connectivity index (χ3v) is 7.34. The Morgan fingerprint density at radius 1 is 1.33 bits per heavy atom. The van der Waals surface area contributed by atoms with Gasteiger partial charge in [0, 0.05) is 57.6 Å². The summed E-state index contributed by atoms with van der Waals surface area (Å²) < 4.78 is 24.9. The highest BCUT2D eigenvalue weighted by Crippen LogP contribution is 2.36. The SMILES string of the molecule is CCNC(=NCC1CCN(S(C)(=O)=O)CC1)N1CCCC2(CNC(=O)C2)C1. The van der Waals surface area contributed by atoms with Crippen LogP contribution < -0.4 is 10.6 Å². The summed E-state index contributed by atoms with van der Waals surface area (Å²) in [5, 5.41) is 6.40. The van der Waals surface area contributed by atoms with Gasteiger partial charge in [-0.1, -0.05) is 0 Å². The first-order valence-corrected chi connectivity index (χ1v) is 11.9. The van der Waals surface area contributed by atoms with Crippen molar-refractivity contribution in [3.05, 3.63) is 0 Å². The molecule has 0 aromatic rings. The summed E-state index contributed by atoms with van der Waals surface area (Å²) in [6.45, 7) is 7.39. The number of guanidine groups is 1. The third-order valence-electron chi connectivity index (χ3n) is 6.03. The molecule has 8 nitrogen and oxygen atoms in total. The predicted molar refractivity (Wildman–Crippen MR) is 106 cm³/mol. The number of hydrogen-bond acceptors (Lipinski definition) is 4. The summed E-state index contributed by atoms with van der Waals surface area (Å²) in [5.41, 5.74) is 0.0480. The lowest BCUT2D eigenvalue weighted by Gasteiger charge is -2.41. The molecular formula is C18H33N5O3S. The number of amides is 1. The van der Waals surface area contributed by atoms with Gasteiger partial charge in [0.25, 0.3) is 0 Å². The van der Waals surface area contributed by atoms with Gasteiger partial charge in [0.15, 0.2) is 5.96 Å². The van der Waals surface area contributed by atoms with E-state index in [-0.39, 0.29) is 11.3 Å². The van der Waals surface area contributed by atoms with Crippen molar-refractivity contribution in [2.24, 2.45) is 16.3 Å². The van der Waals surface area contributed by atoms with Crippen LogP contribution in [0.1, 0.15) is 39.0 Å². The van der Waals surface area contributed by atoms with Crippen LogP contribution in [0.2, 0.25) is 0 Å². The highest BCUT2D eigenvalue weighted by atomic mass is 32.2. The van der Waals surface area contributed by atoms with Gasteiger partial charge in [-0.05, 0) is 38.5 Å². The maximum atomic E-state index is 11.7. The Morgan fingerprint density at radius 2 is 2.07 bits per heavy atom. The van der Waals surface area contributed by atoms with Crippen LogP contribution in [-0.4, -0.2) is 81.6 Å². The van der Waals surface area contributed by atoms with Crippen LogP contribution in [0.4, 0.5) is 0 Å². The number of aliphatic imine (C=N–C) groups is 1. The van der Waals surface area contributed by atoms with Crippen molar-refractivity contribution >= 4 is 21.9 Å². The number of hydrogen-bond donors (Lipinski definition) is 2. The molecule has 3 heterocycles. The fourth-order valence-corrected chi connectivity index (χ4v) is 5.37. The molecule has 3 aliphatic heterocycles. The molecule has 0 aromatic heterocycles. The molecule has 0 aliphatic carbocycles. The zero-order valence-corrected chi connectivity index (χ0v) is 17.4. The van der Waals surface area contributed by atoms with E-state index in [2.05, 4.69) is 22.5 Å². The first-order valence-electron chi connectivity index (χ1n) is 10.1. The first kappa shape index (κ1) is 20.4. The summed E-state index contributed by atoms with van der Waals surface area (Å²) in [5.74, 6) is 1.52. The average molecular weight is 400 g/mol. The number of likely N-dealkylation sites (tertiary alicyclic amines) is 1. The van der Waals surface area contributed by atoms with E-state index in [9.17, 15) is 13.2 Å². The van der Waals surface area contributed by atoms with E-state index >= 15 is 0 Å². The lowest BCUT2D eigenvalue weighted by molar-refractivity contribution is -0.119. The Balaban J connectivity index is 1.59. The van der Waals surface area contributed by atoms with Gasteiger partial charge in [0.05, 0.1) is 6.26 Å². The van der Waals surface area contributed by atoms with E-state index < -0.39 is 10.0 Å². The van der Waals surface area contributed by atoms with E-state index in [0.29, 0.717) is 25.4 Å².